The van der Waals surface area contributed by atoms with Gasteiger partial charge in [-0.25, -0.2) is 0 Å². The minimum Gasteiger partial charge on any atom is -0.510 e. The fourth-order valence-corrected chi connectivity index (χ4v) is 1.17. The molecule has 7 heteroatoms. The smallest absolute Gasteiger partial charge is 0.271 e. The minimum absolute atomic E-state index is 0.125. The number of nitro benzene ring substituents is 1. The number of nitro groups is 1. The Morgan fingerprint density at radius 3 is 2.56 bits per heavy atom. The predicted molar refractivity (Wildman–Crippen MR) is 63.6 cm³/mol. The number of hydrogen-bond donors (Lipinski definition) is 1. The highest BCUT2D eigenvalue weighted by Gasteiger charge is 2.08. The van der Waals surface area contributed by atoms with Crippen LogP contribution in [0.15, 0.2) is 46.0 Å². The topological polar surface area (TPSA) is 105 Å². The van der Waals surface area contributed by atoms with Crippen LogP contribution in [0.2, 0.25) is 0 Å². The summed E-state index contributed by atoms with van der Waals surface area (Å²) in [7, 11) is 0. The van der Waals surface area contributed by atoms with Crippen molar-refractivity contribution in [2.75, 3.05) is 0 Å². The van der Waals surface area contributed by atoms with Crippen LogP contribution in [-0.2, 0) is 4.79 Å². The van der Waals surface area contributed by atoms with E-state index in [4.69, 9.17) is 0 Å². The summed E-state index contributed by atoms with van der Waals surface area (Å²) < 4.78 is 0. The van der Waals surface area contributed by atoms with E-state index < -0.39 is 10.7 Å². The van der Waals surface area contributed by atoms with Gasteiger partial charge in [-0.15, -0.1) is 5.11 Å². The molecule has 0 aliphatic heterocycles. The highest BCUT2D eigenvalue weighted by molar-refractivity contribution is 5.93. The van der Waals surface area contributed by atoms with Gasteiger partial charge in [-0.2, -0.15) is 5.11 Å². The zero-order valence-corrected chi connectivity index (χ0v) is 9.82. The molecule has 0 spiro atoms. The molecule has 0 bridgehead atoms. The second-order valence-electron chi connectivity index (χ2n) is 3.47. The van der Waals surface area contributed by atoms with Gasteiger partial charge in [-0.3, -0.25) is 14.9 Å². The zero-order valence-electron chi connectivity index (χ0n) is 9.82. The van der Waals surface area contributed by atoms with Gasteiger partial charge in [-0.1, -0.05) is 6.07 Å². The molecule has 0 amide bonds. The molecule has 0 aromatic heterocycles. The Balaban J connectivity index is 3.04. The molecule has 0 heterocycles. The number of benzene rings is 1. The molecule has 18 heavy (non-hydrogen) atoms. The number of aliphatic hydroxyl groups excluding tert-OH is 1. The average molecular weight is 249 g/mol. The molecule has 1 rings (SSSR count). The van der Waals surface area contributed by atoms with Gasteiger partial charge in [0.1, 0.15) is 5.76 Å². The molecule has 0 saturated heterocycles. The first-order valence-corrected chi connectivity index (χ1v) is 4.99. The van der Waals surface area contributed by atoms with Crippen molar-refractivity contribution < 1.29 is 14.8 Å². The Hall–Kier alpha value is -2.57. The van der Waals surface area contributed by atoms with Gasteiger partial charge >= 0.3 is 0 Å². The minimum atomic E-state index is -0.558. The quantitative estimate of drug-likeness (QED) is 0.291. The van der Waals surface area contributed by atoms with Crippen molar-refractivity contribution >= 4 is 17.2 Å². The van der Waals surface area contributed by atoms with Crippen LogP contribution in [0.4, 0.5) is 11.4 Å². The van der Waals surface area contributed by atoms with Crippen LogP contribution in [-0.4, -0.2) is 15.8 Å². The number of carbonyl (C=O) groups is 1. The molecule has 0 atom stereocenters. The molecule has 0 aliphatic carbocycles. The summed E-state index contributed by atoms with van der Waals surface area (Å²) in [6.45, 7) is 2.55. The van der Waals surface area contributed by atoms with Gasteiger partial charge in [0, 0.05) is 19.1 Å². The summed E-state index contributed by atoms with van der Waals surface area (Å²) in [6.07, 6.45) is 0. The summed E-state index contributed by atoms with van der Waals surface area (Å²) in [5.74, 6) is -0.694. The Bertz CT molecular complexity index is 545. The van der Waals surface area contributed by atoms with Crippen molar-refractivity contribution in [3.8, 4) is 0 Å². The van der Waals surface area contributed by atoms with Gasteiger partial charge in [-0.05, 0) is 13.0 Å². The molecule has 0 radical (unpaired) electrons. The SMILES string of the molecule is CC(=O)/C(N=Nc1cccc([N+](=O)[O-])c1)=C(/C)O. The zero-order chi connectivity index (χ0) is 13.7. The van der Waals surface area contributed by atoms with Crippen LogP contribution in [0.5, 0.6) is 0 Å². The lowest BCUT2D eigenvalue weighted by Crippen LogP contribution is -1.96. The fraction of sp³-hybridized carbons (Fsp3) is 0.182. The second kappa shape index (κ2) is 5.67. The van der Waals surface area contributed by atoms with E-state index in [0.717, 1.165) is 0 Å². The molecule has 0 unspecified atom stereocenters. The van der Waals surface area contributed by atoms with E-state index in [1.165, 1.54) is 38.1 Å². The summed E-state index contributed by atoms with van der Waals surface area (Å²) in [5.41, 5.74) is -0.0776. The van der Waals surface area contributed by atoms with E-state index >= 15 is 0 Å². The fourth-order valence-electron chi connectivity index (χ4n) is 1.17. The molecule has 1 aromatic rings. The van der Waals surface area contributed by atoms with E-state index in [2.05, 4.69) is 10.2 Å². The first-order valence-electron chi connectivity index (χ1n) is 4.99. The number of carbonyl (C=O) groups excluding carboxylic acids is 1. The third-order valence-corrected chi connectivity index (χ3v) is 1.98. The van der Waals surface area contributed by atoms with Gasteiger partial charge in [0.2, 0.25) is 0 Å². The Morgan fingerprint density at radius 2 is 2.06 bits per heavy atom. The van der Waals surface area contributed by atoms with Gasteiger partial charge in [0.15, 0.2) is 11.5 Å². The Kier molecular flexibility index (Phi) is 4.25. The molecular formula is C11H11N3O4. The number of Topliss-reactive ketones (excluding diaryl/α,β-unsaturated/α-hetero) is 1. The molecular weight excluding hydrogens is 238 g/mol. The third kappa shape index (κ3) is 3.48. The number of allylic oxidation sites excluding steroid dienone is 2. The number of rotatable bonds is 4. The highest BCUT2D eigenvalue weighted by Crippen LogP contribution is 2.21. The maximum atomic E-state index is 11.1. The molecule has 0 aliphatic rings. The number of non-ortho nitro benzene ring substituents is 1. The summed E-state index contributed by atoms with van der Waals surface area (Å²) in [4.78, 5) is 21.1. The lowest BCUT2D eigenvalue weighted by atomic mass is 10.3. The van der Waals surface area contributed by atoms with E-state index in [1.807, 2.05) is 0 Å². The van der Waals surface area contributed by atoms with Gasteiger partial charge in [0.05, 0.1) is 10.6 Å². The van der Waals surface area contributed by atoms with Crippen LogP contribution >= 0.6 is 0 Å². The average Bonchev–Trinajstić information content (AvgIpc) is 2.28. The molecule has 0 fully saturated rings. The number of azo groups is 1. The Morgan fingerprint density at radius 1 is 1.39 bits per heavy atom. The van der Waals surface area contributed by atoms with Crippen molar-refractivity contribution in [3.05, 3.63) is 45.8 Å². The first kappa shape index (κ1) is 13.5. The molecule has 7 nitrogen and oxygen atoms in total. The van der Waals surface area contributed by atoms with Crippen molar-refractivity contribution in [1.29, 1.82) is 0 Å². The largest absolute Gasteiger partial charge is 0.510 e. The summed E-state index contributed by atoms with van der Waals surface area (Å²) >= 11 is 0. The maximum Gasteiger partial charge on any atom is 0.271 e. The van der Waals surface area contributed by atoms with Crippen molar-refractivity contribution in [2.24, 2.45) is 10.2 Å². The lowest BCUT2D eigenvalue weighted by Gasteiger charge is -1.97. The summed E-state index contributed by atoms with van der Waals surface area (Å²) in [6, 6.07) is 5.49. The van der Waals surface area contributed by atoms with Crippen LogP contribution in [0.3, 0.4) is 0 Å². The predicted octanol–water partition coefficient (Wildman–Crippen LogP) is 3.06. The van der Waals surface area contributed by atoms with Crippen LogP contribution in [0, 0.1) is 10.1 Å². The maximum absolute atomic E-state index is 11.1. The normalized spacial score (nSPS) is 12.3. The van der Waals surface area contributed by atoms with E-state index in [-0.39, 0.29) is 22.8 Å². The lowest BCUT2D eigenvalue weighted by molar-refractivity contribution is -0.384. The number of aliphatic hydroxyl groups is 1. The van der Waals surface area contributed by atoms with Crippen molar-refractivity contribution in [3.63, 3.8) is 0 Å². The monoisotopic (exact) mass is 249 g/mol. The molecule has 94 valence electrons. The number of hydrogen-bond acceptors (Lipinski definition) is 6. The van der Waals surface area contributed by atoms with Crippen LogP contribution in [0.25, 0.3) is 0 Å². The van der Waals surface area contributed by atoms with Crippen LogP contribution in [0.1, 0.15) is 13.8 Å². The van der Waals surface area contributed by atoms with Gasteiger partial charge in [0.25, 0.3) is 5.69 Å². The molecule has 1 N–H and O–H groups in total. The number of nitrogens with zero attached hydrogens (tertiary/aromatic N) is 3. The van der Waals surface area contributed by atoms with Crippen LogP contribution < -0.4 is 0 Å². The van der Waals surface area contributed by atoms with E-state index in [9.17, 15) is 20.0 Å². The standard InChI is InChI=1S/C11H11N3O4/c1-7(15)11(8(2)16)13-12-9-4-3-5-10(6-9)14(17)18/h3-6,15H,1-2H3/b11-7+,13-12?. The van der Waals surface area contributed by atoms with Crippen molar-refractivity contribution in [2.45, 2.75) is 13.8 Å². The summed E-state index contributed by atoms with van der Waals surface area (Å²) in [5, 5.41) is 27.0. The first-order chi connectivity index (χ1) is 8.41. The third-order valence-electron chi connectivity index (χ3n) is 1.98. The molecule has 0 saturated carbocycles. The van der Waals surface area contributed by atoms with Gasteiger partial charge < -0.3 is 5.11 Å². The van der Waals surface area contributed by atoms with Crippen molar-refractivity contribution in [1.82, 2.24) is 0 Å². The van der Waals surface area contributed by atoms with E-state index in [1.54, 1.807) is 0 Å². The number of ketones is 1. The highest BCUT2D eigenvalue weighted by atomic mass is 16.6. The second-order valence-corrected chi connectivity index (χ2v) is 3.47. The Labute approximate surface area is 103 Å². The molecule has 1 aromatic carbocycles. The van der Waals surface area contributed by atoms with E-state index in [0.29, 0.717) is 0 Å².